The molecule has 2 aromatic rings. The molecule has 0 unspecified atom stereocenters. The highest BCUT2D eigenvalue weighted by atomic mass is 16.5. The minimum absolute atomic E-state index is 0.325. The van der Waals surface area contributed by atoms with Crippen LogP contribution in [0.5, 0.6) is 5.75 Å². The molecule has 1 fully saturated rings. The van der Waals surface area contributed by atoms with Crippen LogP contribution in [0.3, 0.4) is 0 Å². The number of urea groups is 1. The van der Waals surface area contributed by atoms with Gasteiger partial charge in [0.1, 0.15) is 17.8 Å². The topological polar surface area (TPSA) is 87.7 Å². The Hall–Kier alpha value is -3.35. The van der Waals surface area contributed by atoms with Crippen molar-refractivity contribution in [2.75, 3.05) is 13.7 Å². The molecule has 1 saturated heterocycles. The Morgan fingerprint density at radius 3 is 2.45 bits per heavy atom. The van der Waals surface area contributed by atoms with Gasteiger partial charge in [-0.1, -0.05) is 43.3 Å². The van der Waals surface area contributed by atoms with Crippen LogP contribution in [0, 0.1) is 6.92 Å². The van der Waals surface area contributed by atoms with Crippen molar-refractivity contribution < 1.29 is 19.1 Å². The molecule has 0 radical (unpaired) electrons. The van der Waals surface area contributed by atoms with Crippen LogP contribution in [0.25, 0.3) is 0 Å². The molecule has 1 aliphatic heterocycles. The third-order valence-electron chi connectivity index (χ3n) is 5.33. The molecule has 7 nitrogen and oxygen atoms in total. The van der Waals surface area contributed by atoms with Crippen molar-refractivity contribution in [1.82, 2.24) is 15.5 Å². The molecule has 3 rings (SSSR count). The van der Waals surface area contributed by atoms with E-state index >= 15 is 0 Å². The average molecular weight is 395 g/mol. The third-order valence-corrected chi connectivity index (χ3v) is 5.33. The number of hydrogen-bond acceptors (Lipinski definition) is 4. The average Bonchev–Trinajstić information content (AvgIpc) is 2.98. The van der Waals surface area contributed by atoms with Crippen molar-refractivity contribution in [1.29, 1.82) is 0 Å². The molecule has 0 bridgehead atoms. The molecule has 1 atom stereocenters. The summed E-state index contributed by atoms with van der Waals surface area (Å²) in [7, 11) is 1.56. The number of aryl methyl sites for hydroxylation is 1. The Kier molecular flexibility index (Phi) is 5.87. The molecule has 152 valence electrons. The number of amides is 4. The maximum absolute atomic E-state index is 13.1. The predicted molar refractivity (Wildman–Crippen MR) is 108 cm³/mol. The summed E-state index contributed by atoms with van der Waals surface area (Å²) in [4.78, 5) is 39.0. The van der Waals surface area contributed by atoms with Crippen LogP contribution in [-0.4, -0.2) is 36.4 Å². The summed E-state index contributed by atoms with van der Waals surface area (Å²) >= 11 is 0. The summed E-state index contributed by atoms with van der Waals surface area (Å²) in [6, 6.07) is 14.1. The van der Waals surface area contributed by atoms with Crippen LogP contribution in [0.4, 0.5) is 4.79 Å². The summed E-state index contributed by atoms with van der Waals surface area (Å²) in [5, 5.41) is 5.55. The van der Waals surface area contributed by atoms with E-state index < -0.39 is 23.4 Å². The molecule has 2 N–H and O–H groups in total. The van der Waals surface area contributed by atoms with Crippen LogP contribution in [-0.2, 0) is 21.7 Å². The predicted octanol–water partition coefficient (Wildman–Crippen LogP) is 2.48. The van der Waals surface area contributed by atoms with E-state index in [9.17, 15) is 14.4 Å². The highest BCUT2D eigenvalue weighted by Gasteiger charge is 2.51. The molecule has 7 heteroatoms. The highest BCUT2D eigenvalue weighted by Crippen LogP contribution is 2.33. The first-order valence-corrected chi connectivity index (χ1v) is 9.51. The van der Waals surface area contributed by atoms with Gasteiger partial charge < -0.3 is 15.4 Å². The minimum atomic E-state index is -1.18. The lowest BCUT2D eigenvalue weighted by molar-refractivity contribution is -0.135. The Morgan fingerprint density at radius 1 is 1.14 bits per heavy atom. The second-order valence-corrected chi connectivity index (χ2v) is 7.01. The van der Waals surface area contributed by atoms with Crippen LogP contribution in [0.1, 0.15) is 30.0 Å². The van der Waals surface area contributed by atoms with Crippen molar-refractivity contribution in [2.45, 2.75) is 32.4 Å². The summed E-state index contributed by atoms with van der Waals surface area (Å²) in [5.74, 6) is -0.163. The molecule has 2 aromatic carbocycles. The van der Waals surface area contributed by atoms with Crippen LogP contribution in [0.2, 0.25) is 0 Å². The molecule has 0 aliphatic carbocycles. The Morgan fingerprint density at radius 2 is 1.83 bits per heavy atom. The van der Waals surface area contributed by atoms with Crippen molar-refractivity contribution in [2.24, 2.45) is 0 Å². The first-order valence-electron chi connectivity index (χ1n) is 9.51. The van der Waals surface area contributed by atoms with E-state index in [0.29, 0.717) is 24.3 Å². The van der Waals surface area contributed by atoms with Gasteiger partial charge in [0.05, 0.1) is 7.11 Å². The molecular weight excluding hydrogens is 370 g/mol. The zero-order valence-electron chi connectivity index (χ0n) is 16.8. The smallest absolute Gasteiger partial charge is 0.325 e. The van der Waals surface area contributed by atoms with Crippen molar-refractivity contribution >= 4 is 17.8 Å². The Bertz CT molecular complexity index is 926. The summed E-state index contributed by atoms with van der Waals surface area (Å²) < 4.78 is 5.16. The number of carbonyl (C=O) groups is 3. The number of rotatable bonds is 7. The number of nitrogens with one attached hydrogen (secondary N) is 2. The first-order chi connectivity index (χ1) is 13.9. The fourth-order valence-electron chi connectivity index (χ4n) is 3.49. The number of imide groups is 1. The molecule has 4 amide bonds. The Balaban J connectivity index is 1.71. The third kappa shape index (κ3) is 3.94. The lowest BCUT2D eigenvalue weighted by Gasteiger charge is -2.26. The van der Waals surface area contributed by atoms with Crippen LogP contribution < -0.4 is 15.4 Å². The van der Waals surface area contributed by atoms with Gasteiger partial charge in [-0.25, -0.2) is 4.79 Å². The van der Waals surface area contributed by atoms with Gasteiger partial charge in [-0.05, 0) is 42.2 Å². The second-order valence-electron chi connectivity index (χ2n) is 7.01. The van der Waals surface area contributed by atoms with E-state index in [1.807, 2.05) is 38.1 Å². The summed E-state index contributed by atoms with van der Waals surface area (Å²) in [5.41, 5.74) is 1.52. The standard InChI is InChI=1S/C22H25N3O4/c1-4-22(17-9-11-18(29-3)12-10-17)20(27)25(21(28)24-22)14-19(26)23-13-16-8-6-5-7-15(16)2/h5-12H,4,13-14H2,1-3H3,(H,23,26)(H,24,28)/t22-/m1/s1. The van der Waals surface area contributed by atoms with Gasteiger partial charge in [-0.3, -0.25) is 14.5 Å². The molecule has 1 aliphatic rings. The first kappa shape index (κ1) is 20.4. The minimum Gasteiger partial charge on any atom is -0.497 e. The van der Waals surface area contributed by atoms with Crippen molar-refractivity contribution in [3.8, 4) is 5.75 Å². The zero-order valence-corrected chi connectivity index (χ0v) is 16.8. The fraction of sp³-hybridized carbons (Fsp3) is 0.318. The van der Waals surface area contributed by atoms with Crippen LogP contribution >= 0.6 is 0 Å². The van der Waals surface area contributed by atoms with Crippen LogP contribution in [0.15, 0.2) is 48.5 Å². The Labute approximate surface area is 170 Å². The van der Waals surface area contributed by atoms with Gasteiger partial charge in [0, 0.05) is 6.54 Å². The molecule has 0 spiro atoms. The molecule has 0 aromatic heterocycles. The zero-order chi connectivity index (χ0) is 21.0. The molecule has 0 saturated carbocycles. The van der Waals surface area contributed by atoms with Gasteiger partial charge in [-0.15, -0.1) is 0 Å². The highest BCUT2D eigenvalue weighted by molar-refractivity contribution is 6.09. The van der Waals surface area contributed by atoms with E-state index in [1.165, 1.54) is 0 Å². The number of hydrogen-bond donors (Lipinski definition) is 2. The lowest BCUT2D eigenvalue weighted by Crippen LogP contribution is -2.44. The van der Waals surface area contributed by atoms with E-state index in [-0.39, 0.29) is 6.54 Å². The van der Waals surface area contributed by atoms with Gasteiger partial charge >= 0.3 is 6.03 Å². The van der Waals surface area contributed by atoms with E-state index in [0.717, 1.165) is 16.0 Å². The molecule has 1 heterocycles. The van der Waals surface area contributed by atoms with Crippen molar-refractivity contribution in [3.05, 3.63) is 65.2 Å². The van der Waals surface area contributed by atoms with E-state index in [4.69, 9.17) is 4.74 Å². The number of carbonyl (C=O) groups excluding carboxylic acids is 3. The number of benzene rings is 2. The van der Waals surface area contributed by atoms with E-state index in [2.05, 4.69) is 10.6 Å². The summed E-state index contributed by atoms with van der Waals surface area (Å²) in [6.07, 6.45) is 0.366. The fourth-order valence-corrected chi connectivity index (χ4v) is 3.49. The largest absolute Gasteiger partial charge is 0.497 e. The SMILES string of the molecule is CC[C@]1(c2ccc(OC)cc2)NC(=O)N(CC(=O)NCc2ccccc2C)C1=O. The summed E-state index contributed by atoms with van der Waals surface area (Å²) in [6.45, 7) is 3.80. The van der Waals surface area contributed by atoms with Gasteiger partial charge in [0.2, 0.25) is 5.91 Å². The number of ether oxygens (including phenoxy) is 1. The van der Waals surface area contributed by atoms with E-state index in [1.54, 1.807) is 31.4 Å². The quantitative estimate of drug-likeness (QED) is 0.705. The monoisotopic (exact) mass is 395 g/mol. The molecule has 29 heavy (non-hydrogen) atoms. The second kappa shape index (κ2) is 8.34. The number of methoxy groups -OCH3 is 1. The van der Waals surface area contributed by atoms with Crippen molar-refractivity contribution in [3.63, 3.8) is 0 Å². The van der Waals surface area contributed by atoms with Gasteiger partial charge in [0.25, 0.3) is 5.91 Å². The van der Waals surface area contributed by atoms with Gasteiger partial charge in [-0.2, -0.15) is 0 Å². The maximum atomic E-state index is 13.1. The number of nitrogens with zero attached hydrogens (tertiary/aromatic N) is 1. The maximum Gasteiger partial charge on any atom is 0.325 e. The molecular formula is C22H25N3O4. The lowest BCUT2D eigenvalue weighted by atomic mass is 9.87. The van der Waals surface area contributed by atoms with Gasteiger partial charge in [0.15, 0.2) is 0 Å². The normalized spacial score (nSPS) is 18.5.